The highest BCUT2D eigenvalue weighted by Crippen LogP contribution is 2.41. The number of likely N-dealkylation sites (tertiary alicyclic amines) is 1. The molecule has 5 rings (SSSR count). The predicted molar refractivity (Wildman–Crippen MR) is 122 cm³/mol. The van der Waals surface area contributed by atoms with Gasteiger partial charge in [0.1, 0.15) is 23.6 Å². The Morgan fingerprint density at radius 2 is 1.65 bits per heavy atom. The Hall–Kier alpha value is -2.62. The summed E-state index contributed by atoms with van der Waals surface area (Å²) in [5.41, 5.74) is 7.06. The van der Waals surface area contributed by atoms with Gasteiger partial charge in [0, 0.05) is 42.5 Å². The Morgan fingerprint density at radius 3 is 2.32 bits per heavy atom. The molecule has 9 heteroatoms. The smallest absolute Gasteiger partial charge is 0.319 e. The van der Waals surface area contributed by atoms with Crippen LogP contribution in [0.4, 0.5) is 23.7 Å². The van der Waals surface area contributed by atoms with Crippen molar-refractivity contribution in [2.24, 2.45) is 17.6 Å². The lowest BCUT2D eigenvalue weighted by molar-refractivity contribution is -0.0485. The van der Waals surface area contributed by atoms with E-state index in [1.165, 1.54) is 30.3 Å². The van der Waals surface area contributed by atoms with Gasteiger partial charge in [-0.1, -0.05) is 0 Å². The first-order valence-electron chi connectivity index (χ1n) is 11.7. The molecule has 5 atom stereocenters. The number of nitrogens with zero attached hydrogens (tertiary/aromatic N) is 1. The molecule has 6 nitrogen and oxygen atoms in total. The fourth-order valence-electron chi connectivity index (χ4n) is 5.79. The molecule has 34 heavy (non-hydrogen) atoms. The summed E-state index contributed by atoms with van der Waals surface area (Å²) in [7, 11) is 0. The van der Waals surface area contributed by atoms with Crippen LogP contribution in [0.25, 0.3) is 0 Å². The number of carbonyl (C=O) groups excluding carboxylic acids is 1. The molecule has 1 saturated carbocycles. The van der Waals surface area contributed by atoms with Gasteiger partial charge in [-0.05, 0) is 73.6 Å². The third-order valence-corrected chi connectivity index (χ3v) is 7.40. The van der Waals surface area contributed by atoms with Gasteiger partial charge in [-0.3, -0.25) is 4.90 Å². The molecule has 4 N–H and O–H groups in total. The molecule has 2 aliphatic heterocycles. The van der Waals surface area contributed by atoms with Gasteiger partial charge in [0.25, 0.3) is 0 Å². The van der Waals surface area contributed by atoms with Crippen LogP contribution >= 0.6 is 0 Å². The number of hydrogen-bond donors (Lipinski definition) is 3. The summed E-state index contributed by atoms with van der Waals surface area (Å²) in [6.07, 6.45) is 1.80. The van der Waals surface area contributed by atoms with E-state index in [1.807, 2.05) is 0 Å². The third-order valence-electron chi connectivity index (χ3n) is 7.40. The molecule has 0 spiro atoms. The van der Waals surface area contributed by atoms with Crippen LogP contribution in [0.3, 0.4) is 0 Å². The van der Waals surface area contributed by atoms with Crippen LogP contribution in [-0.2, 0) is 4.74 Å². The van der Waals surface area contributed by atoms with E-state index in [0.717, 1.165) is 38.1 Å². The number of urea groups is 1. The largest absolute Gasteiger partial charge is 0.370 e. The molecule has 2 aromatic carbocycles. The number of amides is 2. The minimum absolute atomic E-state index is 0.0998. The molecule has 0 bridgehead atoms. The molecular weight excluding hydrogens is 445 g/mol. The number of carbonyl (C=O) groups is 1. The normalized spacial score (nSPS) is 31.3. The number of nitrogens with one attached hydrogen (secondary N) is 2. The van der Waals surface area contributed by atoms with E-state index in [1.54, 1.807) is 0 Å². The first-order chi connectivity index (χ1) is 16.4. The van der Waals surface area contributed by atoms with E-state index in [-0.39, 0.29) is 29.5 Å². The first-order valence-corrected chi connectivity index (χ1v) is 11.7. The van der Waals surface area contributed by atoms with Crippen molar-refractivity contribution in [3.8, 4) is 0 Å². The highest BCUT2D eigenvalue weighted by molar-refractivity contribution is 5.89. The number of fused-ring (bicyclic) bond motifs is 1. The summed E-state index contributed by atoms with van der Waals surface area (Å²) in [6.45, 7) is 2.24. The van der Waals surface area contributed by atoms with Gasteiger partial charge in [0.05, 0.1) is 6.61 Å². The molecule has 3 aliphatic rings. The Bertz CT molecular complexity index is 1020. The first kappa shape index (κ1) is 23.1. The zero-order valence-electron chi connectivity index (χ0n) is 18.7. The topological polar surface area (TPSA) is 79.6 Å². The van der Waals surface area contributed by atoms with E-state index in [9.17, 15) is 18.0 Å². The number of hydrogen-bond acceptors (Lipinski definition) is 4. The highest BCUT2D eigenvalue weighted by Gasteiger charge is 2.45. The van der Waals surface area contributed by atoms with Crippen LogP contribution in [-0.4, -0.2) is 48.8 Å². The van der Waals surface area contributed by atoms with Crippen LogP contribution in [0.15, 0.2) is 42.5 Å². The van der Waals surface area contributed by atoms with Crippen molar-refractivity contribution in [2.75, 3.05) is 25.0 Å². The molecule has 0 radical (unpaired) electrons. The van der Waals surface area contributed by atoms with Gasteiger partial charge in [-0.25, -0.2) is 18.0 Å². The molecule has 2 saturated heterocycles. The number of halogens is 3. The van der Waals surface area contributed by atoms with Crippen molar-refractivity contribution in [1.29, 1.82) is 0 Å². The summed E-state index contributed by atoms with van der Waals surface area (Å²) >= 11 is 0. The van der Waals surface area contributed by atoms with E-state index < -0.39 is 23.8 Å². The number of benzene rings is 2. The van der Waals surface area contributed by atoms with Crippen molar-refractivity contribution in [3.63, 3.8) is 0 Å². The zero-order valence-corrected chi connectivity index (χ0v) is 18.7. The van der Waals surface area contributed by atoms with Crippen molar-refractivity contribution in [1.82, 2.24) is 10.2 Å². The molecule has 2 aromatic rings. The molecule has 0 aromatic heterocycles. The maximum Gasteiger partial charge on any atom is 0.319 e. The number of rotatable bonds is 4. The number of ether oxygens (including phenoxy) is 1. The maximum absolute atomic E-state index is 14.2. The molecule has 1 aliphatic carbocycles. The third kappa shape index (κ3) is 4.92. The predicted octanol–water partition coefficient (Wildman–Crippen LogP) is 3.79. The van der Waals surface area contributed by atoms with E-state index in [2.05, 4.69) is 15.5 Å². The van der Waals surface area contributed by atoms with E-state index >= 15 is 0 Å². The molecule has 2 amide bonds. The second kappa shape index (κ2) is 9.56. The van der Waals surface area contributed by atoms with Gasteiger partial charge < -0.3 is 21.1 Å². The number of nitrogens with two attached hydrogens (primary N) is 1. The van der Waals surface area contributed by atoms with Crippen LogP contribution in [0.5, 0.6) is 0 Å². The van der Waals surface area contributed by atoms with Crippen molar-refractivity contribution in [2.45, 2.75) is 43.5 Å². The lowest BCUT2D eigenvalue weighted by Gasteiger charge is -2.39. The highest BCUT2D eigenvalue weighted by atomic mass is 19.1. The SMILES string of the molecule is N[C@H]1C[C@@H](N2CC3CC(NC(=O)Nc4ccc(F)cc4)CC3C2)CO[C@@H]1c1cc(F)ccc1F. The van der Waals surface area contributed by atoms with Gasteiger partial charge in [0.15, 0.2) is 0 Å². The summed E-state index contributed by atoms with van der Waals surface area (Å²) in [4.78, 5) is 14.7. The molecule has 3 fully saturated rings. The van der Waals surface area contributed by atoms with Crippen molar-refractivity contribution in [3.05, 3.63) is 65.5 Å². The van der Waals surface area contributed by atoms with Crippen molar-refractivity contribution >= 4 is 11.7 Å². The molecular formula is C25H29F3N4O2. The molecule has 2 heterocycles. The number of anilines is 1. The van der Waals surface area contributed by atoms with Crippen LogP contribution in [0, 0.1) is 29.3 Å². The maximum atomic E-state index is 14.2. The second-order valence-electron chi connectivity index (χ2n) is 9.72. The fourth-order valence-corrected chi connectivity index (χ4v) is 5.79. The van der Waals surface area contributed by atoms with Gasteiger partial charge >= 0.3 is 6.03 Å². The lowest BCUT2D eigenvalue weighted by atomic mass is 9.93. The summed E-state index contributed by atoms with van der Waals surface area (Å²) < 4.78 is 46.7. The van der Waals surface area contributed by atoms with Gasteiger partial charge in [0.2, 0.25) is 0 Å². The second-order valence-corrected chi connectivity index (χ2v) is 9.72. The minimum Gasteiger partial charge on any atom is -0.370 e. The van der Waals surface area contributed by atoms with Crippen LogP contribution in [0.1, 0.15) is 30.9 Å². The quantitative estimate of drug-likeness (QED) is 0.630. The standard InChI is InChI=1S/C25H29F3N4O2/c26-16-1-4-18(5-2-16)30-25(33)31-19-7-14-11-32(12-15(14)8-19)20-10-23(29)24(34-13-20)21-9-17(27)3-6-22(21)28/h1-6,9,14-15,19-20,23-24H,7-8,10-13,29H2,(H2,30,31,33)/t14?,15?,19?,20-,23+,24-/m1/s1. The minimum atomic E-state index is -0.651. The summed E-state index contributed by atoms with van der Waals surface area (Å²) in [5, 5.41) is 5.78. The monoisotopic (exact) mass is 474 g/mol. The molecule has 2 unspecified atom stereocenters. The average molecular weight is 475 g/mol. The Balaban J connectivity index is 1.10. The average Bonchev–Trinajstić information content (AvgIpc) is 3.36. The van der Waals surface area contributed by atoms with E-state index in [4.69, 9.17) is 10.5 Å². The van der Waals surface area contributed by atoms with Gasteiger partial charge in [-0.15, -0.1) is 0 Å². The summed E-state index contributed by atoms with van der Waals surface area (Å²) in [6, 6.07) is 8.58. The fraction of sp³-hybridized carbons (Fsp3) is 0.480. The summed E-state index contributed by atoms with van der Waals surface area (Å²) in [5.74, 6) is -0.397. The van der Waals surface area contributed by atoms with Crippen LogP contribution < -0.4 is 16.4 Å². The lowest BCUT2D eigenvalue weighted by Crippen LogP contribution is -2.49. The van der Waals surface area contributed by atoms with Crippen LogP contribution in [0.2, 0.25) is 0 Å². The van der Waals surface area contributed by atoms with Crippen molar-refractivity contribution < 1.29 is 22.7 Å². The van der Waals surface area contributed by atoms with E-state index in [0.29, 0.717) is 30.6 Å². The zero-order chi connectivity index (χ0) is 23.8. The molecule has 182 valence electrons. The van der Waals surface area contributed by atoms with Gasteiger partial charge in [-0.2, -0.15) is 0 Å². The Kier molecular flexibility index (Phi) is 6.50. The Labute approximate surface area is 196 Å². The Morgan fingerprint density at radius 1 is 0.971 bits per heavy atom.